The summed E-state index contributed by atoms with van der Waals surface area (Å²) in [5.41, 5.74) is 3.62. The highest BCUT2D eigenvalue weighted by atomic mass is 16.3. The quantitative estimate of drug-likeness (QED) is 0.500. The minimum absolute atomic E-state index is 0.0515. The third kappa shape index (κ3) is 5.27. The number of anilines is 1. The lowest BCUT2D eigenvalue weighted by atomic mass is 9.75. The summed E-state index contributed by atoms with van der Waals surface area (Å²) >= 11 is 0. The molecule has 32 heavy (non-hydrogen) atoms. The van der Waals surface area contributed by atoms with Crippen LogP contribution in [0.3, 0.4) is 0 Å². The number of hydrogen-bond acceptors (Lipinski definition) is 4. The number of carbonyl (C=O) groups excluding carboxylic acids is 3. The number of hydrogen-bond donors (Lipinski definition) is 4. The lowest BCUT2D eigenvalue weighted by Gasteiger charge is -2.28. The second kappa shape index (κ2) is 9.69. The zero-order chi connectivity index (χ0) is 23.5. The van der Waals surface area contributed by atoms with Crippen LogP contribution in [0.15, 0.2) is 24.3 Å². The van der Waals surface area contributed by atoms with Gasteiger partial charge in [-0.1, -0.05) is 45.7 Å². The van der Waals surface area contributed by atoms with Gasteiger partial charge in [-0.15, -0.1) is 0 Å². The van der Waals surface area contributed by atoms with Crippen LogP contribution in [0.4, 0.5) is 5.69 Å². The third-order valence-electron chi connectivity index (χ3n) is 6.00. The van der Waals surface area contributed by atoms with E-state index in [1.54, 1.807) is 31.2 Å². The molecule has 3 rings (SSSR count). The van der Waals surface area contributed by atoms with E-state index in [-0.39, 0.29) is 29.6 Å². The van der Waals surface area contributed by atoms with Crippen molar-refractivity contribution in [3.05, 3.63) is 52.3 Å². The number of benzene rings is 1. The molecule has 1 aromatic carbocycles. The first kappa shape index (κ1) is 23.7. The first-order valence-electron chi connectivity index (χ1n) is 11.2. The van der Waals surface area contributed by atoms with Crippen molar-refractivity contribution in [2.45, 2.75) is 72.4 Å². The maximum absolute atomic E-state index is 13.1. The van der Waals surface area contributed by atoms with Gasteiger partial charge in [-0.05, 0) is 48.4 Å². The molecule has 7 nitrogen and oxygen atoms in total. The van der Waals surface area contributed by atoms with Crippen molar-refractivity contribution in [1.82, 2.24) is 10.3 Å². The Morgan fingerprint density at radius 1 is 1.19 bits per heavy atom. The number of aliphatic hydroxyl groups is 1. The molecule has 4 N–H and O–H groups in total. The van der Waals surface area contributed by atoms with Crippen molar-refractivity contribution in [3.8, 4) is 0 Å². The Morgan fingerprint density at radius 3 is 2.50 bits per heavy atom. The van der Waals surface area contributed by atoms with E-state index in [2.05, 4.69) is 15.6 Å². The molecule has 1 aliphatic rings. The molecule has 1 unspecified atom stereocenters. The number of amides is 2. The predicted molar refractivity (Wildman–Crippen MR) is 124 cm³/mol. The molecule has 0 spiro atoms. The fraction of sp³-hybridized carbons (Fsp3) is 0.480. The van der Waals surface area contributed by atoms with Gasteiger partial charge in [0.2, 0.25) is 5.91 Å². The zero-order valence-electron chi connectivity index (χ0n) is 19.3. The lowest BCUT2D eigenvalue weighted by molar-refractivity contribution is -0.118. The third-order valence-corrected chi connectivity index (χ3v) is 6.00. The maximum Gasteiger partial charge on any atom is 0.268 e. The van der Waals surface area contributed by atoms with Crippen LogP contribution in [-0.2, 0) is 17.8 Å². The number of aliphatic hydroxyl groups excluding tert-OH is 1. The Kier molecular flexibility index (Phi) is 7.19. The van der Waals surface area contributed by atoms with Gasteiger partial charge in [0.1, 0.15) is 11.7 Å². The van der Waals surface area contributed by atoms with Crippen molar-refractivity contribution in [3.63, 3.8) is 0 Å². The van der Waals surface area contributed by atoms with Gasteiger partial charge in [-0.2, -0.15) is 0 Å². The Morgan fingerprint density at radius 2 is 1.88 bits per heavy atom. The molecule has 1 aliphatic carbocycles. The molecule has 0 saturated carbocycles. The number of unbranched alkanes of at least 4 members (excludes halogenated alkanes) is 1. The lowest BCUT2D eigenvalue weighted by Crippen LogP contribution is -2.44. The van der Waals surface area contributed by atoms with Gasteiger partial charge in [0.15, 0.2) is 5.78 Å². The number of Topliss-reactive ketones (excluding diaryl/α,β-unsaturated/α-hetero) is 1. The van der Waals surface area contributed by atoms with Crippen molar-refractivity contribution >= 4 is 23.3 Å². The summed E-state index contributed by atoms with van der Waals surface area (Å²) in [6, 6.07) is 6.21. The number of carbonyl (C=O) groups is 3. The summed E-state index contributed by atoms with van der Waals surface area (Å²) in [6.07, 6.45) is 3.34. The van der Waals surface area contributed by atoms with Crippen LogP contribution in [0, 0.1) is 12.3 Å². The Hall–Kier alpha value is -2.93. The monoisotopic (exact) mass is 439 g/mol. The Balaban J connectivity index is 1.77. The number of nitrogens with one attached hydrogen (secondary N) is 3. The van der Waals surface area contributed by atoms with Crippen molar-refractivity contribution in [2.75, 3.05) is 5.32 Å². The summed E-state index contributed by atoms with van der Waals surface area (Å²) < 4.78 is 0. The first-order chi connectivity index (χ1) is 15.1. The van der Waals surface area contributed by atoms with Gasteiger partial charge < -0.3 is 20.7 Å². The molecule has 0 aliphatic heterocycles. The molecule has 0 radical (unpaired) electrons. The molecule has 1 aromatic heterocycles. The summed E-state index contributed by atoms with van der Waals surface area (Å²) in [4.78, 5) is 41.8. The van der Waals surface area contributed by atoms with E-state index in [1.165, 1.54) is 0 Å². The van der Waals surface area contributed by atoms with E-state index in [9.17, 15) is 19.5 Å². The molecule has 0 fully saturated rings. The van der Waals surface area contributed by atoms with Gasteiger partial charge in [-0.3, -0.25) is 14.4 Å². The molecule has 1 atom stereocenters. The van der Waals surface area contributed by atoms with Gasteiger partial charge in [-0.25, -0.2) is 0 Å². The Labute approximate surface area is 189 Å². The maximum atomic E-state index is 13.1. The summed E-state index contributed by atoms with van der Waals surface area (Å²) in [6.45, 7) is 7.83. The van der Waals surface area contributed by atoms with Crippen LogP contribution in [0.1, 0.15) is 84.1 Å². The van der Waals surface area contributed by atoms with Crippen LogP contribution < -0.4 is 10.6 Å². The van der Waals surface area contributed by atoms with E-state index < -0.39 is 6.04 Å². The van der Waals surface area contributed by atoms with Crippen LogP contribution >= 0.6 is 0 Å². The molecular formula is C25H33N3O4. The van der Waals surface area contributed by atoms with Crippen LogP contribution in [0.25, 0.3) is 0 Å². The minimum Gasteiger partial charge on any atom is -0.392 e. The van der Waals surface area contributed by atoms with Crippen molar-refractivity contribution in [1.29, 1.82) is 0 Å². The smallest absolute Gasteiger partial charge is 0.268 e. The van der Waals surface area contributed by atoms with Crippen molar-refractivity contribution < 1.29 is 19.5 Å². The summed E-state index contributed by atoms with van der Waals surface area (Å²) in [5, 5.41) is 14.9. The number of fused-ring (bicyclic) bond motifs is 1. The summed E-state index contributed by atoms with van der Waals surface area (Å²) in [7, 11) is 0. The molecule has 2 amide bonds. The number of aromatic nitrogens is 1. The van der Waals surface area contributed by atoms with E-state index in [0.717, 1.165) is 24.1 Å². The molecule has 0 saturated heterocycles. The Bertz CT molecular complexity index is 1000. The normalized spacial score (nSPS) is 15.7. The standard InChI is InChI=1S/C25H33N3O4/c1-5-6-7-18(23(31)26-17-10-8-16(14-29)9-11-17)28-24(32)22-15(2)21-19(27-22)12-25(3,4)13-20(21)30/h8-11,18,27,29H,5-7,12-14H2,1-4H3,(H,26,31)(H,28,32). The van der Waals surface area contributed by atoms with Gasteiger partial charge in [0.25, 0.3) is 5.91 Å². The van der Waals surface area contributed by atoms with Gasteiger partial charge >= 0.3 is 0 Å². The fourth-order valence-corrected chi connectivity index (χ4v) is 4.29. The van der Waals surface area contributed by atoms with Crippen LogP contribution in [0.5, 0.6) is 0 Å². The molecule has 0 bridgehead atoms. The van der Waals surface area contributed by atoms with E-state index >= 15 is 0 Å². The molecule has 2 aromatic rings. The fourth-order valence-electron chi connectivity index (χ4n) is 4.29. The SMILES string of the molecule is CCCCC(NC(=O)c1[nH]c2c(c1C)C(=O)CC(C)(C)C2)C(=O)Nc1ccc(CO)cc1. The molecule has 1 heterocycles. The van der Waals surface area contributed by atoms with E-state index in [4.69, 9.17) is 0 Å². The second-order valence-electron chi connectivity index (χ2n) is 9.43. The van der Waals surface area contributed by atoms with Gasteiger partial charge in [0.05, 0.1) is 6.61 Å². The number of aromatic amines is 1. The van der Waals surface area contributed by atoms with E-state index in [0.29, 0.717) is 41.8 Å². The van der Waals surface area contributed by atoms with Crippen molar-refractivity contribution in [2.24, 2.45) is 5.41 Å². The zero-order valence-corrected chi connectivity index (χ0v) is 19.3. The average Bonchev–Trinajstić information content (AvgIpc) is 3.06. The highest BCUT2D eigenvalue weighted by molar-refractivity contribution is 6.06. The molecule has 172 valence electrons. The first-order valence-corrected chi connectivity index (χ1v) is 11.2. The number of rotatable bonds is 8. The predicted octanol–water partition coefficient (Wildman–Crippen LogP) is 3.90. The van der Waals surface area contributed by atoms with Gasteiger partial charge in [0, 0.05) is 23.4 Å². The molecule has 7 heteroatoms. The topological polar surface area (TPSA) is 111 Å². The minimum atomic E-state index is -0.702. The summed E-state index contributed by atoms with van der Waals surface area (Å²) in [5.74, 6) is -0.625. The second-order valence-corrected chi connectivity index (χ2v) is 9.43. The largest absolute Gasteiger partial charge is 0.392 e. The average molecular weight is 440 g/mol. The van der Waals surface area contributed by atoms with E-state index in [1.807, 2.05) is 20.8 Å². The highest BCUT2D eigenvalue weighted by Crippen LogP contribution is 2.36. The van der Waals surface area contributed by atoms with Crippen LogP contribution in [0.2, 0.25) is 0 Å². The number of H-pyrrole nitrogens is 1. The highest BCUT2D eigenvalue weighted by Gasteiger charge is 2.35. The number of ketones is 1. The van der Waals surface area contributed by atoms with Crippen LogP contribution in [-0.4, -0.2) is 33.7 Å². The molecular weight excluding hydrogens is 406 g/mol.